The fourth-order valence-corrected chi connectivity index (χ4v) is 3.49. The van der Waals surface area contributed by atoms with Crippen LogP contribution < -0.4 is 5.73 Å². The zero-order chi connectivity index (χ0) is 15.7. The van der Waals surface area contributed by atoms with Crippen LogP contribution in [0.2, 0.25) is 0 Å². The van der Waals surface area contributed by atoms with E-state index < -0.39 is 0 Å². The molecule has 0 unspecified atom stereocenters. The molecule has 3 atom stereocenters. The van der Waals surface area contributed by atoms with Crippen LogP contribution in [0.1, 0.15) is 29.9 Å². The van der Waals surface area contributed by atoms with E-state index in [1.165, 1.54) is 5.56 Å². The Labute approximate surface area is 138 Å². The van der Waals surface area contributed by atoms with E-state index in [1.807, 2.05) is 43.3 Å². The van der Waals surface area contributed by atoms with Gasteiger partial charge in [-0.15, -0.1) is 0 Å². The Hall–Kier alpha value is -1.81. The molecule has 1 aliphatic rings. The van der Waals surface area contributed by atoms with Crippen LogP contribution in [0.15, 0.2) is 53.0 Å². The summed E-state index contributed by atoms with van der Waals surface area (Å²) in [5.41, 5.74) is 8.86. The normalized spacial score (nSPS) is 23.1. The molecular formula is C18H18BrNO2. The van der Waals surface area contributed by atoms with Gasteiger partial charge in [0.1, 0.15) is 0 Å². The Balaban J connectivity index is 1.93. The largest absolute Gasteiger partial charge is 0.466 e. The zero-order valence-electron chi connectivity index (χ0n) is 12.3. The number of ether oxygens (including phenoxy) is 1. The van der Waals surface area contributed by atoms with Crippen LogP contribution in [-0.4, -0.2) is 12.6 Å². The van der Waals surface area contributed by atoms with Gasteiger partial charge in [0.25, 0.3) is 0 Å². The second-order valence-electron chi connectivity index (χ2n) is 5.52. The highest BCUT2D eigenvalue weighted by Gasteiger charge is 2.57. The van der Waals surface area contributed by atoms with Gasteiger partial charge in [-0.3, -0.25) is 4.79 Å². The fraction of sp³-hybridized carbons (Fsp3) is 0.278. The maximum Gasteiger partial charge on any atom is 0.310 e. The standard InChI is InChI=1S/C18H18BrNO2/c1-2-22-18(21)17-15(11-6-4-3-5-7-11)16(17)12-8-9-14(20)13(19)10-12/h3-10,15-17H,2,20H2,1H3/t15-,16-,17-/m1/s1. The number of hydrogen-bond acceptors (Lipinski definition) is 3. The van der Waals surface area contributed by atoms with Crippen molar-refractivity contribution in [3.05, 3.63) is 64.1 Å². The minimum atomic E-state index is -0.116. The fourth-order valence-electron chi connectivity index (χ4n) is 3.10. The van der Waals surface area contributed by atoms with Crippen molar-refractivity contribution >= 4 is 27.6 Å². The van der Waals surface area contributed by atoms with Gasteiger partial charge in [-0.25, -0.2) is 0 Å². The number of esters is 1. The first-order chi connectivity index (χ1) is 10.6. The van der Waals surface area contributed by atoms with Crippen molar-refractivity contribution < 1.29 is 9.53 Å². The van der Waals surface area contributed by atoms with E-state index >= 15 is 0 Å². The molecule has 0 aliphatic heterocycles. The highest BCUT2D eigenvalue weighted by molar-refractivity contribution is 9.10. The van der Waals surface area contributed by atoms with Gasteiger partial charge in [-0.1, -0.05) is 36.4 Å². The predicted molar refractivity (Wildman–Crippen MR) is 90.6 cm³/mol. The molecule has 22 heavy (non-hydrogen) atoms. The van der Waals surface area contributed by atoms with Crippen molar-refractivity contribution in [2.24, 2.45) is 5.92 Å². The highest BCUT2D eigenvalue weighted by atomic mass is 79.9. The highest BCUT2D eigenvalue weighted by Crippen LogP contribution is 2.61. The summed E-state index contributed by atoms with van der Waals surface area (Å²) in [6, 6.07) is 16.0. The van der Waals surface area contributed by atoms with E-state index in [9.17, 15) is 4.79 Å². The molecule has 3 nitrogen and oxygen atoms in total. The van der Waals surface area contributed by atoms with Gasteiger partial charge in [0.15, 0.2) is 0 Å². The lowest BCUT2D eigenvalue weighted by atomic mass is 10.0. The third kappa shape index (κ3) is 2.75. The summed E-state index contributed by atoms with van der Waals surface area (Å²) in [6.07, 6.45) is 0. The summed E-state index contributed by atoms with van der Waals surface area (Å²) in [5, 5.41) is 0. The molecule has 1 saturated carbocycles. The first-order valence-corrected chi connectivity index (χ1v) is 8.19. The quantitative estimate of drug-likeness (QED) is 0.660. The van der Waals surface area contributed by atoms with E-state index in [0.717, 1.165) is 10.0 Å². The maximum atomic E-state index is 12.3. The second-order valence-corrected chi connectivity index (χ2v) is 6.38. The molecule has 1 fully saturated rings. The van der Waals surface area contributed by atoms with Crippen LogP contribution in [0.3, 0.4) is 0 Å². The van der Waals surface area contributed by atoms with Gasteiger partial charge in [0.2, 0.25) is 0 Å². The first kappa shape index (κ1) is 15.1. The van der Waals surface area contributed by atoms with E-state index in [-0.39, 0.29) is 23.7 Å². The number of benzene rings is 2. The van der Waals surface area contributed by atoms with Crippen LogP contribution in [0.5, 0.6) is 0 Å². The van der Waals surface area contributed by atoms with Crippen molar-refractivity contribution in [2.75, 3.05) is 12.3 Å². The van der Waals surface area contributed by atoms with Crippen LogP contribution in [0, 0.1) is 5.92 Å². The first-order valence-electron chi connectivity index (χ1n) is 7.40. The molecule has 0 amide bonds. The number of rotatable bonds is 4. The minimum Gasteiger partial charge on any atom is -0.466 e. The van der Waals surface area contributed by atoms with Crippen LogP contribution in [0.25, 0.3) is 0 Å². The van der Waals surface area contributed by atoms with E-state index in [1.54, 1.807) is 0 Å². The lowest BCUT2D eigenvalue weighted by Crippen LogP contribution is -2.08. The lowest BCUT2D eigenvalue weighted by molar-refractivity contribution is -0.144. The molecule has 1 aliphatic carbocycles. The Morgan fingerprint density at radius 1 is 1.14 bits per heavy atom. The zero-order valence-corrected chi connectivity index (χ0v) is 13.9. The van der Waals surface area contributed by atoms with Crippen LogP contribution in [0.4, 0.5) is 5.69 Å². The number of carbonyl (C=O) groups excluding carboxylic acids is 1. The molecular weight excluding hydrogens is 342 g/mol. The minimum absolute atomic E-state index is 0.113. The number of carbonyl (C=O) groups is 1. The number of anilines is 1. The van der Waals surface area contributed by atoms with E-state index in [0.29, 0.717) is 12.3 Å². The molecule has 2 aromatic carbocycles. The molecule has 0 spiro atoms. The van der Waals surface area contributed by atoms with E-state index in [4.69, 9.17) is 10.5 Å². The van der Waals surface area contributed by atoms with Crippen molar-refractivity contribution in [1.82, 2.24) is 0 Å². The summed E-state index contributed by atoms with van der Waals surface area (Å²) < 4.78 is 6.11. The summed E-state index contributed by atoms with van der Waals surface area (Å²) in [4.78, 5) is 12.3. The Kier molecular flexibility index (Phi) is 4.21. The number of hydrogen-bond donors (Lipinski definition) is 1. The summed E-state index contributed by atoms with van der Waals surface area (Å²) in [6.45, 7) is 2.25. The lowest BCUT2D eigenvalue weighted by Gasteiger charge is -2.04. The molecule has 0 saturated heterocycles. The molecule has 4 heteroatoms. The van der Waals surface area contributed by atoms with Crippen molar-refractivity contribution in [2.45, 2.75) is 18.8 Å². The van der Waals surface area contributed by atoms with E-state index in [2.05, 4.69) is 28.1 Å². The molecule has 0 radical (unpaired) electrons. The summed E-state index contributed by atoms with van der Waals surface area (Å²) in [5.74, 6) is 0.0984. The smallest absolute Gasteiger partial charge is 0.310 e. The Morgan fingerprint density at radius 3 is 2.45 bits per heavy atom. The SMILES string of the molecule is CCOC(=O)[C@@H]1[C@H](c2ccccc2)[C@H]1c1ccc(N)c(Br)c1. The van der Waals surface area contributed by atoms with Crippen LogP contribution in [-0.2, 0) is 9.53 Å². The predicted octanol–water partition coefficient (Wildman–Crippen LogP) is 4.09. The average molecular weight is 360 g/mol. The van der Waals surface area contributed by atoms with Crippen molar-refractivity contribution in [1.29, 1.82) is 0 Å². The summed E-state index contributed by atoms with van der Waals surface area (Å²) in [7, 11) is 0. The van der Waals surface area contributed by atoms with Gasteiger partial charge in [0, 0.05) is 22.0 Å². The topological polar surface area (TPSA) is 52.3 Å². The number of nitrogens with two attached hydrogens (primary N) is 1. The molecule has 2 N–H and O–H groups in total. The third-order valence-corrected chi connectivity index (χ3v) is 4.86. The Morgan fingerprint density at radius 2 is 1.82 bits per heavy atom. The number of nitrogen functional groups attached to an aromatic ring is 1. The van der Waals surface area contributed by atoms with Gasteiger partial charge in [-0.05, 0) is 46.1 Å². The van der Waals surface area contributed by atoms with Crippen molar-refractivity contribution in [3.63, 3.8) is 0 Å². The molecule has 3 rings (SSSR count). The van der Waals surface area contributed by atoms with Gasteiger partial charge < -0.3 is 10.5 Å². The molecule has 114 valence electrons. The molecule has 0 bridgehead atoms. The second kappa shape index (κ2) is 6.13. The maximum absolute atomic E-state index is 12.3. The van der Waals surface area contributed by atoms with Gasteiger partial charge in [-0.2, -0.15) is 0 Å². The average Bonchev–Trinajstić information content (AvgIpc) is 3.27. The van der Waals surface area contributed by atoms with Gasteiger partial charge >= 0.3 is 5.97 Å². The Bertz CT molecular complexity index is 687. The molecule has 0 aromatic heterocycles. The van der Waals surface area contributed by atoms with Crippen molar-refractivity contribution in [3.8, 4) is 0 Å². The molecule has 0 heterocycles. The van der Waals surface area contributed by atoms with Crippen LogP contribution >= 0.6 is 15.9 Å². The molecule has 2 aromatic rings. The van der Waals surface area contributed by atoms with Gasteiger partial charge in [0.05, 0.1) is 12.5 Å². The number of halogens is 1. The third-order valence-electron chi connectivity index (χ3n) is 4.17. The summed E-state index contributed by atoms with van der Waals surface area (Å²) >= 11 is 3.46. The monoisotopic (exact) mass is 359 g/mol.